The molecule has 4 nitrogen and oxygen atoms in total. The van der Waals surface area contributed by atoms with Gasteiger partial charge in [-0.1, -0.05) is 0 Å². The predicted molar refractivity (Wildman–Crippen MR) is 76.2 cm³/mol. The molecule has 4 heteroatoms. The van der Waals surface area contributed by atoms with E-state index in [0.717, 1.165) is 56.7 Å². The molecule has 0 radical (unpaired) electrons. The number of hydrogen-bond donors (Lipinski definition) is 2. The van der Waals surface area contributed by atoms with E-state index in [1.807, 2.05) is 0 Å². The lowest BCUT2D eigenvalue weighted by molar-refractivity contribution is -0.147. The number of carbonyl (C=O) groups excluding carboxylic acids is 1. The quantitative estimate of drug-likeness (QED) is 0.818. The average molecular weight is 278 g/mol. The molecule has 1 atom stereocenters. The van der Waals surface area contributed by atoms with Crippen molar-refractivity contribution in [1.82, 2.24) is 10.6 Å². The molecular weight excluding hydrogens is 252 g/mol. The van der Waals surface area contributed by atoms with Crippen LogP contribution in [0.5, 0.6) is 0 Å². The SMILES string of the molecule is O=C(NCC1CNCCO1)C12CC3CC(CC(C3)C1)C2. The van der Waals surface area contributed by atoms with Crippen LogP contribution in [-0.2, 0) is 9.53 Å². The molecule has 1 saturated heterocycles. The van der Waals surface area contributed by atoms with Crippen molar-refractivity contribution in [1.29, 1.82) is 0 Å². The Bertz CT molecular complexity index is 355. The lowest BCUT2D eigenvalue weighted by atomic mass is 9.49. The van der Waals surface area contributed by atoms with Gasteiger partial charge in [-0.05, 0) is 56.3 Å². The summed E-state index contributed by atoms with van der Waals surface area (Å²) >= 11 is 0. The van der Waals surface area contributed by atoms with Gasteiger partial charge >= 0.3 is 0 Å². The van der Waals surface area contributed by atoms with Crippen molar-refractivity contribution in [2.75, 3.05) is 26.2 Å². The third-order valence-corrected chi connectivity index (χ3v) is 6.01. The van der Waals surface area contributed by atoms with Crippen LogP contribution in [0, 0.1) is 23.2 Å². The lowest BCUT2D eigenvalue weighted by Gasteiger charge is -2.55. The minimum absolute atomic E-state index is 0.0170. The molecule has 4 bridgehead atoms. The van der Waals surface area contributed by atoms with Crippen molar-refractivity contribution in [3.63, 3.8) is 0 Å². The molecule has 0 aromatic carbocycles. The Hall–Kier alpha value is -0.610. The molecule has 0 aromatic rings. The van der Waals surface area contributed by atoms with E-state index in [-0.39, 0.29) is 11.5 Å². The summed E-state index contributed by atoms with van der Waals surface area (Å²) in [6, 6.07) is 0. The van der Waals surface area contributed by atoms with Crippen molar-refractivity contribution in [2.24, 2.45) is 23.2 Å². The van der Waals surface area contributed by atoms with Gasteiger partial charge in [0.05, 0.1) is 12.7 Å². The van der Waals surface area contributed by atoms with Crippen molar-refractivity contribution in [3.05, 3.63) is 0 Å². The number of morpholine rings is 1. The van der Waals surface area contributed by atoms with Crippen molar-refractivity contribution in [2.45, 2.75) is 44.6 Å². The van der Waals surface area contributed by atoms with E-state index in [0.29, 0.717) is 12.5 Å². The first-order valence-corrected chi connectivity index (χ1v) is 8.34. The maximum Gasteiger partial charge on any atom is 0.226 e. The molecule has 20 heavy (non-hydrogen) atoms. The van der Waals surface area contributed by atoms with Gasteiger partial charge in [0.2, 0.25) is 5.91 Å². The van der Waals surface area contributed by atoms with Crippen LogP contribution in [0.1, 0.15) is 38.5 Å². The maximum absolute atomic E-state index is 12.8. The molecule has 5 fully saturated rings. The Balaban J connectivity index is 1.38. The molecule has 1 amide bonds. The smallest absolute Gasteiger partial charge is 0.226 e. The van der Waals surface area contributed by atoms with Gasteiger partial charge in [0, 0.05) is 25.0 Å². The Labute approximate surface area is 121 Å². The number of hydrogen-bond acceptors (Lipinski definition) is 3. The molecule has 4 aliphatic carbocycles. The second-order valence-electron chi connectivity index (χ2n) is 7.60. The summed E-state index contributed by atoms with van der Waals surface area (Å²) in [5.74, 6) is 2.82. The van der Waals surface area contributed by atoms with Gasteiger partial charge in [-0.15, -0.1) is 0 Å². The first-order chi connectivity index (χ1) is 9.73. The second-order valence-corrected chi connectivity index (χ2v) is 7.60. The Morgan fingerprint density at radius 1 is 1.15 bits per heavy atom. The first-order valence-electron chi connectivity index (χ1n) is 8.34. The van der Waals surface area contributed by atoms with E-state index >= 15 is 0 Å². The Kier molecular flexibility index (Phi) is 3.26. The number of rotatable bonds is 3. The monoisotopic (exact) mass is 278 g/mol. The molecule has 1 unspecified atom stereocenters. The highest BCUT2D eigenvalue weighted by Gasteiger charge is 2.54. The van der Waals surface area contributed by atoms with Gasteiger partial charge in [-0.25, -0.2) is 0 Å². The van der Waals surface area contributed by atoms with Crippen LogP contribution < -0.4 is 10.6 Å². The fourth-order valence-electron chi connectivity index (χ4n) is 5.53. The fraction of sp³-hybridized carbons (Fsp3) is 0.938. The summed E-state index contributed by atoms with van der Waals surface area (Å²) in [5.41, 5.74) is -0.0170. The summed E-state index contributed by atoms with van der Waals surface area (Å²) in [6.07, 6.45) is 7.77. The summed E-state index contributed by atoms with van der Waals surface area (Å²) < 4.78 is 5.67. The number of amides is 1. The van der Waals surface area contributed by atoms with E-state index in [1.54, 1.807) is 0 Å². The first kappa shape index (κ1) is 13.1. The van der Waals surface area contributed by atoms with E-state index in [1.165, 1.54) is 19.3 Å². The minimum atomic E-state index is -0.0170. The maximum atomic E-state index is 12.8. The van der Waals surface area contributed by atoms with E-state index in [9.17, 15) is 4.79 Å². The summed E-state index contributed by atoms with van der Waals surface area (Å²) in [4.78, 5) is 12.8. The number of carbonyl (C=O) groups is 1. The van der Waals surface area contributed by atoms with Gasteiger partial charge in [0.25, 0.3) is 0 Å². The van der Waals surface area contributed by atoms with Gasteiger partial charge in [0.1, 0.15) is 0 Å². The third kappa shape index (κ3) is 2.27. The van der Waals surface area contributed by atoms with Crippen LogP contribution in [0.15, 0.2) is 0 Å². The highest BCUT2D eigenvalue weighted by Crippen LogP contribution is 2.60. The highest BCUT2D eigenvalue weighted by atomic mass is 16.5. The Morgan fingerprint density at radius 3 is 2.35 bits per heavy atom. The van der Waals surface area contributed by atoms with Crippen LogP contribution in [0.25, 0.3) is 0 Å². The van der Waals surface area contributed by atoms with Crippen molar-refractivity contribution < 1.29 is 9.53 Å². The van der Waals surface area contributed by atoms with Crippen LogP contribution >= 0.6 is 0 Å². The van der Waals surface area contributed by atoms with Crippen molar-refractivity contribution >= 4 is 5.91 Å². The van der Waals surface area contributed by atoms with Gasteiger partial charge in [0.15, 0.2) is 0 Å². The molecule has 5 rings (SSSR count). The topological polar surface area (TPSA) is 50.4 Å². The molecular formula is C16H26N2O2. The number of ether oxygens (including phenoxy) is 1. The molecule has 112 valence electrons. The lowest BCUT2D eigenvalue weighted by Crippen LogP contribution is -2.55. The standard InChI is InChI=1S/C16H26N2O2/c19-15(18-10-14-9-17-1-2-20-14)16-6-11-3-12(7-16)5-13(4-11)8-16/h11-14,17H,1-10H2,(H,18,19). The normalized spacial score (nSPS) is 46.4. The second kappa shape index (κ2) is 4.99. The van der Waals surface area contributed by atoms with Crippen LogP contribution in [0.3, 0.4) is 0 Å². The van der Waals surface area contributed by atoms with Crippen molar-refractivity contribution in [3.8, 4) is 0 Å². The number of nitrogens with one attached hydrogen (secondary N) is 2. The van der Waals surface area contributed by atoms with Crippen LogP contribution in [0.4, 0.5) is 0 Å². The molecule has 0 spiro atoms. The van der Waals surface area contributed by atoms with E-state index in [4.69, 9.17) is 4.74 Å². The zero-order chi connectivity index (χ0) is 13.6. The highest BCUT2D eigenvalue weighted by molar-refractivity contribution is 5.83. The van der Waals surface area contributed by atoms with Gasteiger partial charge in [-0.3, -0.25) is 4.79 Å². The van der Waals surface area contributed by atoms with Crippen LogP contribution in [-0.4, -0.2) is 38.3 Å². The molecule has 5 aliphatic rings. The van der Waals surface area contributed by atoms with Gasteiger partial charge < -0.3 is 15.4 Å². The predicted octanol–water partition coefficient (Wildman–Crippen LogP) is 1.31. The third-order valence-electron chi connectivity index (χ3n) is 6.01. The minimum Gasteiger partial charge on any atom is -0.374 e. The summed E-state index contributed by atoms with van der Waals surface area (Å²) in [6.45, 7) is 3.23. The summed E-state index contributed by atoms with van der Waals surface area (Å²) in [5, 5.41) is 6.52. The molecule has 1 aliphatic heterocycles. The fourth-order valence-corrected chi connectivity index (χ4v) is 5.53. The zero-order valence-electron chi connectivity index (χ0n) is 12.2. The Morgan fingerprint density at radius 2 is 1.80 bits per heavy atom. The largest absolute Gasteiger partial charge is 0.374 e. The molecule has 4 saturated carbocycles. The summed E-state index contributed by atoms with van der Waals surface area (Å²) in [7, 11) is 0. The van der Waals surface area contributed by atoms with E-state index in [2.05, 4.69) is 10.6 Å². The molecule has 2 N–H and O–H groups in total. The molecule has 0 aromatic heterocycles. The zero-order valence-corrected chi connectivity index (χ0v) is 12.2. The van der Waals surface area contributed by atoms with Crippen LogP contribution in [0.2, 0.25) is 0 Å². The average Bonchev–Trinajstić information content (AvgIpc) is 2.44. The van der Waals surface area contributed by atoms with E-state index < -0.39 is 0 Å². The van der Waals surface area contributed by atoms with Gasteiger partial charge in [-0.2, -0.15) is 0 Å². The molecule has 1 heterocycles.